The van der Waals surface area contributed by atoms with E-state index in [4.69, 9.17) is 10.5 Å². The number of amides is 1. The average molecular weight is 285 g/mol. The van der Waals surface area contributed by atoms with Gasteiger partial charge in [-0.15, -0.1) is 0 Å². The molecule has 0 heterocycles. The van der Waals surface area contributed by atoms with Crippen molar-refractivity contribution in [3.8, 4) is 5.75 Å². The Balaban J connectivity index is 2.24. The number of anilines is 3. The molecule has 0 atom stereocenters. The molecule has 2 aromatic carbocycles. The Morgan fingerprint density at radius 2 is 1.95 bits per heavy atom. The molecule has 0 aliphatic heterocycles. The van der Waals surface area contributed by atoms with Crippen molar-refractivity contribution < 1.29 is 9.53 Å². The third-order valence-electron chi connectivity index (χ3n) is 3.13. The zero-order valence-corrected chi connectivity index (χ0v) is 12.4. The Kier molecular flexibility index (Phi) is 4.33. The van der Waals surface area contributed by atoms with Crippen LogP contribution in [0.15, 0.2) is 42.5 Å². The first-order valence-electron chi connectivity index (χ1n) is 6.53. The first-order valence-corrected chi connectivity index (χ1v) is 6.53. The van der Waals surface area contributed by atoms with Crippen molar-refractivity contribution in [1.82, 2.24) is 0 Å². The molecule has 0 bridgehead atoms. The van der Waals surface area contributed by atoms with Crippen LogP contribution in [0.3, 0.4) is 0 Å². The van der Waals surface area contributed by atoms with Gasteiger partial charge in [-0.05, 0) is 36.4 Å². The summed E-state index contributed by atoms with van der Waals surface area (Å²) >= 11 is 0. The molecule has 0 aliphatic rings. The summed E-state index contributed by atoms with van der Waals surface area (Å²) in [5.41, 5.74) is 8.38. The van der Waals surface area contributed by atoms with Gasteiger partial charge in [-0.25, -0.2) is 0 Å². The molecule has 110 valence electrons. The van der Waals surface area contributed by atoms with Gasteiger partial charge < -0.3 is 20.7 Å². The Labute approximate surface area is 124 Å². The Morgan fingerprint density at radius 3 is 2.62 bits per heavy atom. The van der Waals surface area contributed by atoms with Crippen LogP contribution >= 0.6 is 0 Å². The van der Waals surface area contributed by atoms with Crippen LogP contribution in [0.4, 0.5) is 17.1 Å². The number of hydrogen-bond acceptors (Lipinski definition) is 4. The topological polar surface area (TPSA) is 67.6 Å². The number of nitrogens with two attached hydrogens (primary N) is 1. The van der Waals surface area contributed by atoms with Crippen LogP contribution in [0, 0.1) is 0 Å². The molecular formula is C16H19N3O2. The van der Waals surface area contributed by atoms with Crippen LogP contribution in [-0.4, -0.2) is 27.1 Å². The fourth-order valence-corrected chi connectivity index (χ4v) is 1.92. The lowest BCUT2D eigenvalue weighted by atomic mass is 10.1. The molecule has 21 heavy (non-hydrogen) atoms. The van der Waals surface area contributed by atoms with Crippen LogP contribution in [0.25, 0.3) is 0 Å². The minimum atomic E-state index is -0.262. The SMILES string of the molecule is COc1ccc(N)c(C(=O)Nc2cccc(N(C)C)c2)c1. The van der Waals surface area contributed by atoms with Crippen LogP contribution in [0.1, 0.15) is 10.4 Å². The molecule has 2 rings (SSSR count). The molecule has 5 heteroatoms. The number of benzene rings is 2. The lowest BCUT2D eigenvalue weighted by Crippen LogP contribution is -2.15. The lowest BCUT2D eigenvalue weighted by Gasteiger charge is -2.14. The molecule has 0 fully saturated rings. The lowest BCUT2D eigenvalue weighted by molar-refractivity contribution is 0.102. The molecule has 0 aromatic heterocycles. The molecule has 0 saturated heterocycles. The van der Waals surface area contributed by atoms with Gasteiger partial charge >= 0.3 is 0 Å². The van der Waals surface area contributed by atoms with Crippen LogP contribution < -0.4 is 20.7 Å². The van der Waals surface area contributed by atoms with Crippen molar-refractivity contribution in [2.45, 2.75) is 0 Å². The fourth-order valence-electron chi connectivity index (χ4n) is 1.92. The summed E-state index contributed by atoms with van der Waals surface area (Å²) in [6.07, 6.45) is 0. The third-order valence-corrected chi connectivity index (χ3v) is 3.13. The number of nitrogen functional groups attached to an aromatic ring is 1. The monoisotopic (exact) mass is 285 g/mol. The van der Waals surface area contributed by atoms with E-state index in [2.05, 4.69) is 5.32 Å². The van der Waals surface area contributed by atoms with E-state index in [9.17, 15) is 4.79 Å². The van der Waals surface area contributed by atoms with Crippen molar-refractivity contribution in [3.05, 3.63) is 48.0 Å². The summed E-state index contributed by atoms with van der Waals surface area (Å²) in [5.74, 6) is 0.332. The Hall–Kier alpha value is -2.69. The highest BCUT2D eigenvalue weighted by Gasteiger charge is 2.11. The summed E-state index contributed by atoms with van der Waals surface area (Å²) in [6, 6.07) is 12.6. The molecular weight excluding hydrogens is 266 g/mol. The summed E-state index contributed by atoms with van der Waals surface area (Å²) in [6.45, 7) is 0. The van der Waals surface area contributed by atoms with E-state index in [0.717, 1.165) is 5.69 Å². The second-order valence-electron chi connectivity index (χ2n) is 4.85. The van der Waals surface area contributed by atoms with Gasteiger partial charge in [0, 0.05) is 31.2 Å². The van der Waals surface area contributed by atoms with Gasteiger partial charge in [0.15, 0.2) is 0 Å². The Morgan fingerprint density at radius 1 is 1.19 bits per heavy atom. The van der Waals surface area contributed by atoms with Gasteiger partial charge in [-0.3, -0.25) is 4.79 Å². The second-order valence-corrected chi connectivity index (χ2v) is 4.85. The van der Waals surface area contributed by atoms with Crippen molar-refractivity contribution in [2.24, 2.45) is 0 Å². The van der Waals surface area contributed by atoms with Gasteiger partial charge in [-0.1, -0.05) is 6.07 Å². The molecule has 1 amide bonds. The van der Waals surface area contributed by atoms with Crippen LogP contribution in [0.2, 0.25) is 0 Å². The maximum atomic E-state index is 12.3. The van der Waals surface area contributed by atoms with Gasteiger partial charge in [0.25, 0.3) is 5.91 Å². The molecule has 0 unspecified atom stereocenters. The van der Waals surface area contributed by atoms with Gasteiger partial charge in [0.2, 0.25) is 0 Å². The highest BCUT2D eigenvalue weighted by molar-refractivity contribution is 6.08. The molecule has 0 saturated carbocycles. The standard InChI is InChI=1S/C16H19N3O2/c1-19(2)12-6-4-5-11(9-12)18-16(20)14-10-13(21-3)7-8-15(14)17/h4-10H,17H2,1-3H3,(H,18,20). The number of methoxy groups -OCH3 is 1. The fraction of sp³-hybridized carbons (Fsp3) is 0.188. The second kappa shape index (κ2) is 6.17. The summed E-state index contributed by atoms with van der Waals surface area (Å²) in [7, 11) is 5.44. The number of hydrogen-bond donors (Lipinski definition) is 2. The van der Waals surface area contributed by atoms with E-state index in [0.29, 0.717) is 22.7 Å². The van der Waals surface area contributed by atoms with E-state index < -0.39 is 0 Å². The highest BCUT2D eigenvalue weighted by Crippen LogP contribution is 2.22. The van der Waals surface area contributed by atoms with Crippen LogP contribution in [0.5, 0.6) is 5.75 Å². The van der Waals surface area contributed by atoms with Crippen molar-refractivity contribution in [3.63, 3.8) is 0 Å². The largest absolute Gasteiger partial charge is 0.497 e. The zero-order chi connectivity index (χ0) is 15.4. The number of nitrogens with zero attached hydrogens (tertiary/aromatic N) is 1. The third kappa shape index (κ3) is 3.45. The molecule has 0 spiro atoms. The Bertz CT molecular complexity index is 654. The molecule has 5 nitrogen and oxygen atoms in total. The normalized spacial score (nSPS) is 10.0. The summed E-state index contributed by atoms with van der Waals surface area (Å²) < 4.78 is 5.12. The summed E-state index contributed by atoms with van der Waals surface area (Å²) in [5, 5.41) is 2.84. The number of carbonyl (C=O) groups excluding carboxylic acids is 1. The number of nitrogens with one attached hydrogen (secondary N) is 1. The van der Waals surface area contributed by atoms with E-state index >= 15 is 0 Å². The van der Waals surface area contributed by atoms with Crippen LogP contribution in [-0.2, 0) is 0 Å². The predicted molar refractivity (Wildman–Crippen MR) is 86.1 cm³/mol. The molecule has 0 aliphatic carbocycles. The number of carbonyl (C=O) groups is 1. The van der Waals surface area contributed by atoms with Crippen molar-refractivity contribution in [1.29, 1.82) is 0 Å². The zero-order valence-electron chi connectivity index (χ0n) is 12.4. The first-order chi connectivity index (χ1) is 10.0. The smallest absolute Gasteiger partial charge is 0.257 e. The average Bonchev–Trinajstić information content (AvgIpc) is 2.48. The summed E-state index contributed by atoms with van der Waals surface area (Å²) in [4.78, 5) is 14.3. The quantitative estimate of drug-likeness (QED) is 0.847. The number of rotatable bonds is 4. The first kappa shape index (κ1) is 14.7. The van der Waals surface area contributed by atoms with Crippen molar-refractivity contribution >= 4 is 23.0 Å². The highest BCUT2D eigenvalue weighted by atomic mass is 16.5. The number of ether oxygens (including phenoxy) is 1. The van der Waals surface area contributed by atoms with E-state index in [1.807, 2.05) is 43.3 Å². The van der Waals surface area contributed by atoms with E-state index in [-0.39, 0.29) is 5.91 Å². The minimum absolute atomic E-state index is 0.262. The van der Waals surface area contributed by atoms with E-state index in [1.165, 1.54) is 0 Å². The molecule has 3 N–H and O–H groups in total. The minimum Gasteiger partial charge on any atom is -0.497 e. The molecule has 0 radical (unpaired) electrons. The van der Waals surface area contributed by atoms with E-state index in [1.54, 1.807) is 25.3 Å². The maximum Gasteiger partial charge on any atom is 0.257 e. The van der Waals surface area contributed by atoms with Gasteiger partial charge in [0.05, 0.1) is 12.7 Å². The van der Waals surface area contributed by atoms with Gasteiger partial charge in [0.1, 0.15) is 5.75 Å². The predicted octanol–water partition coefficient (Wildman–Crippen LogP) is 2.60. The maximum absolute atomic E-state index is 12.3. The van der Waals surface area contributed by atoms with Crippen molar-refractivity contribution in [2.75, 3.05) is 37.2 Å². The van der Waals surface area contributed by atoms with Gasteiger partial charge in [-0.2, -0.15) is 0 Å². The molecule has 2 aromatic rings.